The molecule has 0 heterocycles. The number of benzene rings is 2. The van der Waals surface area contributed by atoms with Crippen molar-refractivity contribution in [3.05, 3.63) is 52.5 Å². The van der Waals surface area contributed by atoms with Crippen molar-refractivity contribution in [2.24, 2.45) is 5.10 Å². The van der Waals surface area contributed by atoms with E-state index in [4.69, 9.17) is 9.47 Å². The third kappa shape index (κ3) is 6.70. The van der Waals surface area contributed by atoms with Crippen molar-refractivity contribution in [2.45, 2.75) is 26.4 Å². The summed E-state index contributed by atoms with van der Waals surface area (Å²) < 4.78 is 11.7. The van der Waals surface area contributed by atoms with Crippen molar-refractivity contribution in [3.8, 4) is 11.5 Å². The quantitative estimate of drug-likeness (QED) is 0.366. The maximum atomic E-state index is 12.0. The van der Waals surface area contributed by atoms with E-state index in [9.17, 15) is 9.59 Å². The van der Waals surface area contributed by atoms with Crippen LogP contribution in [0, 0.1) is 0 Å². The molecule has 0 aliphatic carbocycles. The lowest BCUT2D eigenvalue weighted by atomic mass is 10.2. The molecular formula is C20H22BrN3O4. The summed E-state index contributed by atoms with van der Waals surface area (Å²) in [5.74, 6) is 0.153. The number of para-hydroxylation sites is 2. The van der Waals surface area contributed by atoms with Gasteiger partial charge < -0.3 is 14.8 Å². The van der Waals surface area contributed by atoms with Gasteiger partial charge in [0.1, 0.15) is 17.9 Å². The van der Waals surface area contributed by atoms with Gasteiger partial charge in [-0.3, -0.25) is 9.59 Å². The molecule has 2 rings (SSSR count). The second-order valence-electron chi connectivity index (χ2n) is 6.07. The zero-order valence-corrected chi connectivity index (χ0v) is 17.4. The average molecular weight is 448 g/mol. The number of nitrogens with one attached hydrogen (secondary N) is 2. The van der Waals surface area contributed by atoms with Crippen LogP contribution < -0.4 is 20.2 Å². The van der Waals surface area contributed by atoms with Gasteiger partial charge in [-0.15, -0.1) is 0 Å². The van der Waals surface area contributed by atoms with E-state index in [1.54, 1.807) is 24.3 Å². The summed E-state index contributed by atoms with van der Waals surface area (Å²) in [6.45, 7) is 3.84. The number of methoxy groups -OCH3 is 1. The monoisotopic (exact) mass is 447 g/mol. The zero-order chi connectivity index (χ0) is 20.5. The molecule has 2 amide bonds. The molecule has 0 saturated heterocycles. The van der Waals surface area contributed by atoms with Crippen LogP contribution in [0.15, 0.2) is 52.0 Å². The van der Waals surface area contributed by atoms with Crippen LogP contribution in [0.25, 0.3) is 0 Å². The maximum Gasteiger partial charge on any atom is 0.249 e. The Morgan fingerprint density at radius 2 is 1.89 bits per heavy atom. The van der Waals surface area contributed by atoms with Crippen molar-refractivity contribution in [1.29, 1.82) is 0 Å². The minimum atomic E-state index is -0.537. The fraction of sp³-hybridized carbons (Fsp3) is 0.250. The lowest BCUT2D eigenvalue weighted by molar-refractivity contribution is -0.126. The Morgan fingerprint density at radius 1 is 1.14 bits per heavy atom. The summed E-state index contributed by atoms with van der Waals surface area (Å²) >= 11 is 3.39. The normalized spacial score (nSPS) is 10.8. The molecule has 0 fully saturated rings. The summed E-state index contributed by atoms with van der Waals surface area (Å²) in [6.07, 6.45) is 1.10. The Kier molecular flexibility index (Phi) is 8.01. The molecule has 2 aromatic rings. The highest BCUT2D eigenvalue weighted by Crippen LogP contribution is 2.23. The van der Waals surface area contributed by atoms with E-state index in [2.05, 4.69) is 31.8 Å². The number of hydrazone groups is 1. The van der Waals surface area contributed by atoms with E-state index in [1.807, 2.05) is 32.0 Å². The molecule has 2 N–H and O–H groups in total. The Balaban J connectivity index is 1.93. The molecule has 0 spiro atoms. The first-order valence-electron chi connectivity index (χ1n) is 8.60. The van der Waals surface area contributed by atoms with E-state index in [0.717, 1.165) is 4.47 Å². The molecule has 28 heavy (non-hydrogen) atoms. The van der Waals surface area contributed by atoms with Gasteiger partial charge in [-0.05, 0) is 44.2 Å². The Hall–Kier alpha value is -2.87. The van der Waals surface area contributed by atoms with E-state index in [0.29, 0.717) is 22.7 Å². The molecule has 7 nitrogen and oxygen atoms in total. The van der Waals surface area contributed by atoms with Crippen LogP contribution in [0.3, 0.4) is 0 Å². The SMILES string of the molecule is COc1ccccc1NC(=O)CC(=O)NN=Cc1cc(Br)ccc1OC(C)C. The summed E-state index contributed by atoms with van der Waals surface area (Å²) in [5.41, 5.74) is 3.54. The van der Waals surface area contributed by atoms with Crippen LogP contribution in [0.4, 0.5) is 5.69 Å². The number of carbonyl (C=O) groups excluding carboxylic acids is 2. The van der Waals surface area contributed by atoms with Gasteiger partial charge in [0.15, 0.2) is 0 Å². The summed E-state index contributed by atoms with van der Waals surface area (Å²) in [4.78, 5) is 24.0. The minimum Gasteiger partial charge on any atom is -0.495 e. The van der Waals surface area contributed by atoms with Crippen molar-refractivity contribution in [2.75, 3.05) is 12.4 Å². The smallest absolute Gasteiger partial charge is 0.249 e. The fourth-order valence-electron chi connectivity index (χ4n) is 2.28. The fourth-order valence-corrected chi connectivity index (χ4v) is 2.66. The first-order valence-corrected chi connectivity index (χ1v) is 9.39. The van der Waals surface area contributed by atoms with Crippen LogP contribution in [-0.2, 0) is 9.59 Å². The Morgan fingerprint density at radius 3 is 2.61 bits per heavy atom. The minimum absolute atomic E-state index is 0.00147. The molecule has 2 aromatic carbocycles. The molecule has 0 aromatic heterocycles. The lowest BCUT2D eigenvalue weighted by Crippen LogP contribution is -2.24. The van der Waals surface area contributed by atoms with Gasteiger partial charge >= 0.3 is 0 Å². The molecule has 0 aliphatic heterocycles. The van der Waals surface area contributed by atoms with Crippen LogP contribution >= 0.6 is 15.9 Å². The average Bonchev–Trinajstić information content (AvgIpc) is 2.64. The third-order valence-corrected chi connectivity index (χ3v) is 3.92. The number of amides is 2. The highest BCUT2D eigenvalue weighted by Gasteiger charge is 2.11. The number of rotatable bonds is 8. The van der Waals surface area contributed by atoms with Crippen LogP contribution in [0.2, 0.25) is 0 Å². The summed E-state index contributed by atoms with van der Waals surface area (Å²) in [6, 6.07) is 12.4. The predicted octanol–water partition coefficient (Wildman–Crippen LogP) is 3.72. The first-order chi connectivity index (χ1) is 13.4. The number of carbonyl (C=O) groups is 2. The van der Waals surface area contributed by atoms with Crippen molar-refractivity contribution in [1.82, 2.24) is 5.43 Å². The van der Waals surface area contributed by atoms with Gasteiger partial charge in [-0.2, -0.15) is 5.10 Å². The van der Waals surface area contributed by atoms with Crippen LogP contribution in [-0.4, -0.2) is 31.2 Å². The number of ether oxygens (including phenoxy) is 2. The van der Waals surface area contributed by atoms with Gasteiger partial charge in [0, 0.05) is 10.0 Å². The molecule has 0 bridgehead atoms. The van der Waals surface area contributed by atoms with Gasteiger partial charge in [-0.25, -0.2) is 5.43 Å². The molecule has 0 saturated carbocycles. The number of halogens is 1. The topological polar surface area (TPSA) is 89.0 Å². The zero-order valence-electron chi connectivity index (χ0n) is 15.9. The number of nitrogens with zero attached hydrogens (tertiary/aromatic N) is 1. The van der Waals surface area contributed by atoms with Crippen molar-refractivity contribution < 1.29 is 19.1 Å². The highest BCUT2D eigenvalue weighted by molar-refractivity contribution is 9.10. The molecule has 0 unspecified atom stereocenters. The Bertz CT molecular complexity index is 868. The molecule has 0 atom stereocenters. The number of hydrogen-bond acceptors (Lipinski definition) is 5. The standard InChI is InChI=1S/C20H22BrN3O4/c1-13(2)28-17-9-8-15(21)10-14(17)12-22-24-20(26)11-19(25)23-16-6-4-5-7-18(16)27-3/h4-10,12-13H,11H2,1-3H3,(H,23,25)(H,24,26). The summed E-state index contributed by atoms with van der Waals surface area (Å²) in [5, 5.41) is 6.55. The second-order valence-corrected chi connectivity index (χ2v) is 6.98. The van der Waals surface area contributed by atoms with E-state index < -0.39 is 11.8 Å². The number of anilines is 1. The predicted molar refractivity (Wildman–Crippen MR) is 112 cm³/mol. The van der Waals surface area contributed by atoms with Gasteiger partial charge in [0.05, 0.1) is 25.1 Å². The van der Waals surface area contributed by atoms with Crippen LogP contribution in [0.1, 0.15) is 25.8 Å². The van der Waals surface area contributed by atoms with Crippen molar-refractivity contribution in [3.63, 3.8) is 0 Å². The maximum absolute atomic E-state index is 12.0. The van der Waals surface area contributed by atoms with Crippen molar-refractivity contribution >= 4 is 39.6 Å². The molecule has 8 heteroatoms. The summed E-state index contributed by atoms with van der Waals surface area (Å²) in [7, 11) is 1.51. The highest BCUT2D eigenvalue weighted by atomic mass is 79.9. The van der Waals surface area contributed by atoms with E-state index in [1.165, 1.54) is 13.3 Å². The lowest BCUT2D eigenvalue weighted by Gasteiger charge is -2.12. The largest absolute Gasteiger partial charge is 0.495 e. The molecule has 0 aliphatic rings. The van der Waals surface area contributed by atoms with E-state index >= 15 is 0 Å². The van der Waals surface area contributed by atoms with Gasteiger partial charge in [0.25, 0.3) is 0 Å². The first kappa shape index (κ1) is 21.4. The van der Waals surface area contributed by atoms with Crippen LogP contribution in [0.5, 0.6) is 11.5 Å². The van der Waals surface area contributed by atoms with Gasteiger partial charge in [0.2, 0.25) is 11.8 Å². The molecular weight excluding hydrogens is 426 g/mol. The Labute approximate surface area is 172 Å². The third-order valence-electron chi connectivity index (χ3n) is 3.43. The number of hydrogen-bond donors (Lipinski definition) is 2. The van der Waals surface area contributed by atoms with E-state index in [-0.39, 0.29) is 12.5 Å². The second kappa shape index (κ2) is 10.5. The molecule has 0 radical (unpaired) electrons. The molecule has 148 valence electrons. The van der Waals surface area contributed by atoms with Gasteiger partial charge in [-0.1, -0.05) is 28.1 Å².